The quantitative estimate of drug-likeness (QED) is 0.0554. The monoisotopic (exact) mass is 620 g/mol. The molecule has 0 aliphatic carbocycles. The Balaban J connectivity index is 1.55. The van der Waals surface area contributed by atoms with Gasteiger partial charge < -0.3 is 19.2 Å². The number of likely N-dealkylation sites (tertiary alicyclic amines) is 1. The van der Waals surface area contributed by atoms with Gasteiger partial charge in [0.1, 0.15) is 6.29 Å². The Morgan fingerprint density at radius 2 is 1.09 bits per heavy atom. The molecule has 0 aromatic rings. The van der Waals surface area contributed by atoms with Crippen LogP contribution in [-0.2, 0) is 14.3 Å². The van der Waals surface area contributed by atoms with Crippen molar-refractivity contribution >= 4 is 6.29 Å². The van der Waals surface area contributed by atoms with E-state index >= 15 is 0 Å². The molecule has 2 rings (SSSR count). The highest BCUT2D eigenvalue weighted by atomic mass is 16.7. The standard InChI is InChI=1S/C40H77NO3/c1-3-5-20-28-38(29-21-6-4-2)30-22-16-12-8-7-9-13-17-23-31-40(32-24-18-14-10-11-15-19-27-35-42)43-37-39(44-40)36-41-33-25-26-34-41/h35,38-39H,3-34,36-37H2,1-2H3. The molecular formula is C40H77NO3. The molecule has 2 aliphatic rings. The molecule has 44 heavy (non-hydrogen) atoms. The van der Waals surface area contributed by atoms with Crippen molar-refractivity contribution in [3.63, 3.8) is 0 Å². The van der Waals surface area contributed by atoms with Gasteiger partial charge in [0.15, 0.2) is 5.79 Å². The summed E-state index contributed by atoms with van der Waals surface area (Å²) in [7, 11) is 0. The number of ether oxygens (including phenoxy) is 2. The predicted octanol–water partition coefficient (Wildman–Crippen LogP) is 12.0. The summed E-state index contributed by atoms with van der Waals surface area (Å²) in [6.07, 6.45) is 40.9. The Morgan fingerprint density at radius 1 is 0.636 bits per heavy atom. The third-order valence-electron chi connectivity index (χ3n) is 10.6. The normalized spacial score (nSPS) is 20.8. The molecule has 0 radical (unpaired) electrons. The average Bonchev–Trinajstić information content (AvgIpc) is 3.69. The zero-order chi connectivity index (χ0) is 31.4. The first-order valence-electron chi connectivity index (χ1n) is 20.2. The minimum Gasteiger partial charge on any atom is -0.347 e. The molecule has 2 aliphatic heterocycles. The van der Waals surface area contributed by atoms with Gasteiger partial charge in [0.25, 0.3) is 0 Å². The molecule has 0 bridgehead atoms. The van der Waals surface area contributed by atoms with Crippen molar-refractivity contribution in [2.24, 2.45) is 5.92 Å². The minimum absolute atomic E-state index is 0.258. The van der Waals surface area contributed by atoms with Gasteiger partial charge in [-0.15, -0.1) is 0 Å². The molecule has 2 unspecified atom stereocenters. The Kier molecular flexibility index (Phi) is 25.0. The van der Waals surface area contributed by atoms with Gasteiger partial charge in [0.2, 0.25) is 0 Å². The summed E-state index contributed by atoms with van der Waals surface area (Å²) in [6.45, 7) is 8.97. The lowest BCUT2D eigenvalue weighted by molar-refractivity contribution is -0.180. The second-order valence-electron chi connectivity index (χ2n) is 14.7. The van der Waals surface area contributed by atoms with Crippen LogP contribution < -0.4 is 0 Å². The van der Waals surface area contributed by atoms with Crippen LogP contribution in [0.5, 0.6) is 0 Å². The molecular weight excluding hydrogens is 542 g/mol. The van der Waals surface area contributed by atoms with Crippen molar-refractivity contribution < 1.29 is 14.3 Å². The highest BCUT2D eigenvalue weighted by molar-refractivity contribution is 5.48. The Labute approximate surface area is 275 Å². The number of nitrogens with zero attached hydrogens (tertiary/aromatic N) is 1. The predicted molar refractivity (Wildman–Crippen MR) is 189 cm³/mol. The number of carbonyl (C=O) groups is 1. The van der Waals surface area contributed by atoms with Crippen molar-refractivity contribution in [3.05, 3.63) is 0 Å². The molecule has 0 amide bonds. The fraction of sp³-hybridized carbons (Fsp3) is 0.975. The molecule has 4 heteroatoms. The van der Waals surface area contributed by atoms with Crippen molar-refractivity contribution in [1.82, 2.24) is 4.90 Å². The third-order valence-corrected chi connectivity index (χ3v) is 10.6. The zero-order valence-electron chi connectivity index (χ0n) is 29.9. The van der Waals surface area contributed by atoms with Crippen molar-refractivity contribution in [1.29, 1.82) is 0 Å². The van der Waals surface area contributed by atoms with E-state index in [1.807, 2.05) is 0 Å². The molecule has 4 nitrogen and oxygen atoms in total. The van der Waals surface area contributed by atoms with Crippen LogP contribution in [0.2, 0.25) is 0 Å². The topological polar surface area (TPSA) is 38.8 Å². The molecule has 2 heterocycles. The maximum Gasteiger partial charge on any atom is 0.168 e. The summed E-state index contributed by atoms with van der Waals surface area (Å²) in [5.74, 6) is 0.684. The number of rotatable bonds is 32. The minimum atomic E-state index is -0.320. The maximum atomic E-state index is 10.5. The van der Waals surface area contributed by atoms with Gasteiger partial charge in [-0.1, -0.05) is 155 Å². The highest BCUT2D eigenvalue weighted by Crippen LogP contribution is 2.35. The second-order valence-corrected chi connectivity index (χ2v) is 14.7. The zero-order valence-corrected chi connectivity index (χ0v) is 29.9. The van der Waals surface area contributed by atoms with E-state index in [1.54, 1.807) is 0 Å². The van der Waals surface area contributed by atoms with Crippen LogP contribution in [0.4, 0.5) is 0 Å². The van der Waals surface area contributed by atoms with Gasteiger partial charge in [-0.3, -0.25) is 0 Å². The lowest BCUT2D eigenvalue weighted by Crippen LogP contribution is -2.35. The lowest BCUT2D eigenvalue weighted by Gasteiger charge is -2.29. The van der Waals surface area contributed by atoms with Crippen LogP contribution in [0, 0.1) is 5.92 Å². The van der Waals surface area contributed by atoms with Gasteiger partial charge in [0, 0.05) is 25.8 Å². The number of unbranched alkanes of at least 4 members (excludes halogenated alkanes) is 19. The molecule has 2 saturated heterocycles. The van der Waals surface area contributed by atoms with Gasteiger partial charge in [-0.05, 0) is 51.1 Å². The van der Waals surface area contributed by atoms with Gasteiger partial charge >= 0.3 is 0 Å². The van der Waals surface area contributed by atoms with Crippen LogP contribution >= 0.6 is 0 Å². The number of hydrogen-bond acceptors (Lipinski definition) is 4. The smallest absolute Gasteiger partial charge is 0.168 e. The van der Waals surface area contributed by atoms with E-state index in [-0.39, 0.29) is 11.9 Å². The Morgan fingerprint density at radius 3 is 1.59 bits per heavy atom. The number of carbonyl (C=O) groups excluding carboxylic acids is 1. The molecule has 0 aromatic heterocycles. The highest BCUT2D eigenvalue weighted by Gasteiger charge is 2.41. The van der Waals surface area contributed by atoms with Crippen LogP contribution in [0.1, 0.15) is 206 Å². The largest absolute Gasteiger partial charge is 0.347 e. The van der Waals surface area contributed by atoms with Crippen molar-refractivity contribution in [2.45, 2.75) is 218 Å². The Hall–Kier alpha value is -0.450. The van der Waals surface area contributed by atoms with E-state index in [4.69, 9.17) is 9.47 Å². The molecule has 0 spiro atoms. The SMILES string of the molecule is CCCCCC(CCCCC)CCCCCCCCCCCC1(CCCCCCCCCC=O)OCC(CN2CCCC2)O1. The molecule has 0 aromatic carbocycles. The summed E-state index contributed by atoms with van der Waals surface area (Å²) in [6, 6.07) is 0. The first-order chi connectivity index (χ1) is 21.7. The molecule has 2 fully saturated rings. The molecule has 260 valence electrons. The van der Waals surface area contributed by atoms with E-state index < -0.39 is 0 Å². The summed E-state index contributed by atoms with van der Waals surface area (Å²) in [4.78, 5) is 13.1. The van der Waals surface area contributed by atoms with E-state index in [1.165, 1.54) is 180 Å². The fourth-order valence-corrected chi connectivity index (χ4v) is 7.72. The first kappa shape index (κ1) is 39.7. The van der Waals surface area contributed by atoms with Crippen LogP contribution in [-0.4, -0.2) is 49.3 Å². The summed E-state index contributed by atoms with van der Waals surface area (Å²) in [5, 5.41) is 0. The lowest BCUT2D eigenvalue weighted by atomic mass is 9.90. The molecule has 2 atom stereocenters. The van der Waals surface area contributed by atoms with Crippen molar-refractivity contribution in [3.8, 4) is 0 Å². The summed E-state index contributed by atoms with van der Waals surface area (Å²) in [5.41, 5.74) is 0. The summed E-state index contributed by atoms with van der Waals surface area (Å²) < 4.78 is 13.2. The average molecular weight is 620 g/mol. The number of hydrogen-bond donors (Lipinski definition) is 0. The van der Waals surface area contributed by atoms with Crippen LogP contribution in [0.15, 0.2) is 0 Å². The van der Waals surface area contributed by atoms with E-state index in [9.17, 15) is 4.79 Å². The van der Waals surface area contributed by atoms with Crippen molar-refractivity contribution in [2.75, 3.05) is 26.2 Å². The van der Waals surface area contributed by atoms with E-state index in [0.29, 0.717) is 0 Å². The van der Waals surface area contributed by atoms with Gasteiger partial charge in [0.05, 0.1) is 12.7 Å². The molecule has 0 N–H and O–H groups in total. The Bertz CT molecular complexity index is 626. The maximum absolute atomic E-state index is 10.5. The van der Waals surface area contributed by atoms with Crippen LogP contribution in [0.25, 0.3) is 0 Å². The van der Waals surface area contributed by atoms with Gasteiger partial charge in [-0.2, -0.15) is 0 Å². The van der Waals surface area contributed by atoms with Gasteiger partial charge in [-0.25, -0.2) is 0 Å². The van der Waals surface area contributed by atoms with E-state index in [0.717, 1.165) is 51.0 Å². The summed E-state index contributed by atoms with van der Waals surface area (Å²) >= 11 is 0. The second kappa shape index (κ2) is 27.6. The third kappa shape index (κ3) is 19.9. The molecule has 0 saturated carbocycles. The van der Waals surface area contributed by atoms with Crippen LogP contribution in [0.3, 0.4) is 0 Å². The number of aldehydes is 1. The first-order valence-corrected chi connectivity index (χ1v) is 20.2. The van der Waals surface area contributed by atoms with E-state index in [2.05, 4.69) is 18.7 Å². The fourth-order valence-electron chi connectivity index (χ4n) is 7.72.